The Morgan fingerprint density at radius 2 is 1.80 bits per heavy atom. The second kappa shape index (κ2) is 8.75. The van der Waals surface area contributed by atoms with Gasteiger partial charge in [-0.2, -0.15) is 0 Å². The van der Waals surface area contributed by atoms with Gasteiger partial charge in [0, 0.05) is 35.4 Å². The number of hydrogen-bond donors (Lipinski definition) is 2. The normalized spacial score (nSPS) is 14.2. The molecule has 152 valence electrons. The third-order valence-corrected chi connectivity index (χ3v) is 4.89. The van der Waals surface area contributed by atoms with Gasteiger partial charge in [-0.05, 0) is 48.6 Å². The fraction of sp³-hybridized carbons (Fsp3) is 0.174. The van der Waals surface area contributed by atoms with Crippen molar-refractivity contribution in [2.75, 3.05) is 36.5 Å². The van der Waals surface area contributed by atoms with Crippen LogP contribution in [0, 0.1) is 0 Å². The number of para-hydroxylation sites is 1. The predicted octanol–water partition coefficient (Wildman–Crippen LogP) is 4.06. The largest absolute Gasteiger partial charge is 0.465 e. The van der Waals surface area contributed by atoms with Gasteiger partial charge in [-0.1, -0.05) is 18.2 Å². The molecule has 1 aromatic heterocycles. The van der Waals surface area contributed by atoms with E-state index >= 15 is 0 Å². The Kier molecular flexibility index (Phi) is 5.72. The summed E-state index contributed by atoms with van der Waals surface area (Å²) in [5.74, 6) is -0.181. The van der Waals surface area contributed by atoms with Crippen molar-refractivity contribution in [2.24, 2.45) is 0 Å². The van der Waals surface area contributed by atoms with Crippen molar-refractivity contribution in [3.8, 4) is 0 Å². The van der Waals surface area contributed by atoms with Crippen molar-refractivity contribution >= 4 is 40.2 Å². The highest BCUT2D eigenvalue weighted by Gasteiger charge is 2.15. The fourth-order valence-corrected chi connectivity index (χ4v) is 3.43. The number of carbonyl (C=O) groups excluding carboxylic acids is 1. The van der Waals surface area contributed by atoms with E-state index in [9.17, 15) is 9.59 Å². The van der Waals surface area contributed by atoms with E-state index in [1.54, 1.807) is 30.3 Å². The van der Waals surface area contributed by atoms with Crippen LogP contribution < -0.4 is 10.2 Å². The molecule has 1 fully saturated rings. The zero-order valence-corrected chi connectivity index (χ0v) is 16.2. The second-order valence-corrected chi connectivity index (χ2v) is 6.89. The molecule has 2 aromatic carbocycles. The molecule has 0 unspecified atom stereocenters. The number of ether oxygens (including phenoxy) is 1. The number of morpholine rings is 1. The molecule has 4 rings (SSSR count). The molecule has 0 radical (unpaired) electrons. The van der Waals surface area contributed by atoms with E-state index in [2.05, 4.69) is 21.3 Å². The fourth-order valence-electron chi connectivity index (χ4n) is 3.43. The molecule has 1 aliphatic heterocycles. The van der Waals surface area contributed by atoms with Gasteiger partial charge in [-0.15, -0.1) is 0 Å². The Balaban J connectivity index is 1.59. The van der Waals surface area contributed by atoms with Gasteiger partial charge in [-0.25, -0.2) is 9.78 Å². The zero-order valence-electron chi connectivity index (χ0n) is 16.2. The summed E-state index contributed by atoms with van der Waals surface area (Å²) in [6, 6.07) is 16.2. The van der Waals surface area contributed by atoms with Crippen LogP contribution in [0.5, 0.6) is 0 Å². The van der Waals surface area contributed by atoms with Crippen LogP contribution in [0.3, 0.4) is 0 Å². The number of hydrogen-bond acceptors (Lipinski definition) is 5. The number of nitrogens with zero attached hydrogens (tertiary/aromatic N) is 2. The monoisotopic (exact) mass is 403 g/mol. The maximum atomic E-state index is 12.5. The van der Waals surface area contributed by atoms with Crippen molar-refractivity contribution in [3.05, 3.63) is 71.9 Å². The van der Waals surface area contributed by atoms with Gasteiger partial charge in [-0.3, -0.25) is 10.1 Å². The number of carbonyl (C=O) groups is 2. The first-order chi connectivity index (χ1) is 14.6. The lowest BCUT2D eigenvalue weighted by atomic mass is 10.1. The van der Waals surface area contributed by atoms with E-state index in [4.69, 9.17) is 9.84 Å². The number of allylic oxidation sites excluding steroid dienone is 1. The van der Waals surface area contributed by atoms with Crippen molar-refractivity contribution in [1.82, 2.24) is 4.98 Å². The Labute approximate surface area is 173 Å². The summed E-state index contributed by atoms with van der Waals surface area (Å²) >= 11 is 0. The maximum absolute atomic E-state index is 12.5. The predicted molar refractivity (Wildman–Crippen MR) is 116 cm³/mol. The Morgan fingerprint density at radius 1 is 1.07 bits per heavy atom. The third-order valence-electron chi connectivity index (χ3n) is 4.89. The SMILES string of the molecule is O=C(O)Nc1ccc(C(=O)/C=C/c2cc(N3CCOCC3)c3ccccc3n2)cc1. The standard InChI is InChI=1S/C23H21N3O4/c27-22(16-5-7-17(8-6-16)25-23(28)29)10-9-18-15-21(26-11-13-30-14-12-26)19-3-1-2-4-20(19)24-18/h1-10,15,25H,11-14H2,(H,28,29)/b10-9+. The highest BCUT2D eigenvalue weighted by Crippen LogP contribution is 2.28. The molecule has 1 aliphatic rings. The third kappa shape index (κ3) is 4.47. The summed E-state index contributed by atoms with van der Waals surface area (Å²) in [6.45, 7) is 3.00. The minimum Gasteiger partial charge on any atom is -0.465 e. The van der Waals surface area contributed by atoms with Gasteiger partial charge in [0.1, 0.15) is 0 Å². The first-order valence-corrected chi connectivity index (χ1v) is 9.65. The topological polar surface area (TPSA) is 91.8 Å². The lowest BCUT2D eigenvalue weighted by molar-refractivity contribution is 0.104. The van der Waals surface area contributed by atoms with E-state index in [0.717, 1.165) is 29.7 Å². The highest BCUT2D eigenvalue weighted by molar-refractivity contribution is 6.07. The summed E-state index contributed by atoms with van der Waals surface area (Å²) in [4.78, 5) is 30.1. The molecule has 0 saturated carbocycles. The second-order valence-electron chi connectivity index (χ2n) is 6.89. The van der Waals surface area contributed by atoms with E-state index in [-0.39, 0.29) is 5.78 Å². The molecule has 0 aliphatic carbocycles. The molecule has 0 atom stereocenters. The minimum absolute atomic E-state index is 0.181. The van der Waals surface area contributed by atoms with E-state index < -0.39 is 6.09 Å². The van der Waals surface area contributed by atoms with Crippen molar-refractivity contribution in [2.45, 2.75) is 0 Å². The molecular formula is C23H21N3O4. The minimum atomic E-state index is -1.15. The molecule has 1 saturated heterocycles. The van der Waals surface area contributed by atoms with Crippen LogP contribution in [0.25, 0.3) is 17.0 Å². The van der Waals surface area contributed by atoms with E-state index in [0.29, 0.717) is 30.2 Å². The van der Waals surface area contributed by atoms with E-state index in [1.165, 1.54) is 6.08 Å². The van der Waals surface area contributed by atoms with Crippen LogP contribution in [0.1, 0.15) is 16.1 Å². The quantitative estimate of drug-likeness (QED) is 0.493. The first-order valence-electron chi connectivity index (χ1n) is 9.65. The van der Waals surface area contributed by atoms with Gasteiger partial charge in [0.2, 0.25) is 0 Å². The smallest absolute Gasteiger partial charge is 0.409 e. The number of aromatic nitrogens is 1. The molecule has 3 aromatic rings. The average molecular weight is 403 g/mol. The number of benzene rings is 2. The van der Waals surface area contributed by atoms with Crippen molar-refractivity contribution < 1.29 is 19.4 Å². The molecule has 2 N–H and O–H groups in total. The molecule has 0 spiro atoms. The molecular weight excluding hydrogens is 382 g/mol. The van der Waals surface area contributed by atoms with Crippen LogP contribution in [-0.2, 0) is 4.74 Å². The number of pyridine rings is 1. The molecule has 2 heterocycles. The highest BCUT2D eigenvalue weighted by atomic mass is 16.5. The lowest BCUT2D eigenvalue weighted by Gasteiger charge is -2.30. The maximum Gasteiger partial charge on any atom is 0.409 e. The molecule has 7 nitrogen and oxygen atoms in total. The number of ketones is 1. The van der Waals surface area contributed by atoms with Gasteiger partial charge < -0.3 is 14.7 Å². The van der Waals surface area contributed by atoms with Crippen LogP contribution in [0.4, 0.5) is 16.2 Å². The molecule has 0 bridgehead atoms. The van der Waals surface area contributed by atoms with Crippen LogP contribution >= 0.6 is 0 Å². The number of nitrogens with one attached hydrogen (secondary N) is 1. The molecule has 30 heavy (non-hydrogen) atoms. The average Bonchev–Trinajstić information content (AvgIpc) is 2.77. The van der Waals surface area contributed by atoms with Crippen molar-refractivity contribution in [1.29, 1.82) is 0 Å². The number of amides is 1. The molecule has 7 heteroatoms. The van der Waals surface area contributed by atoms with Gasteiger partial charge in [0.15, 0.2) is 5.78 Å². The van der Waals surface area contributed by atoms with Crippen molar-refractivity contribution in [3.63, 3.8) is 0 Å². The Hall–Kier alpha value is -3.71. The number of fused-ring (bicyclic) bond motifs is 1. The summed E-state index contributed by atoms with van der Waals surface area (Å²) in [5.41, 5.74) is 3.54. The lowest BCUT2D eigenvalue weighted by Crippen LogP contribution is -2.36. The summed E-state index contributed by atoms with van der Waals surface area (Å²) < 4.78 is 5.47. The van der Waals surface area contributed by atoms with Gasteiger partial charge >= 0.3 is 6.09 Å². The molecule has 1 amide bonds. The zero-order chi connectivity index (χ0) is 20.9. The number of rotatable bonds is 5. The Bertz CT molecular complexity index is 1100. The van der Waals surface area contributed by atoms with Gasteiger partial charge in [0.25, 0.3) is 0 Å². The Morgan fingerprint density at radius 3 is 2.53 bits per heavy atom. The van der Waals surface area contributed by atoms with Gasteiger partial charge in [0.05, 0.1) is 24.4 Å². The van der Waals surface area contributed by atoms with Crippen LogP contribution in [-0.4, -0.2) is 48.3 Å². The summed E-state index contributed by atoms with van der Waals surface area (Å²) in [5, 5.41) is 12.1. The van der Waals surface area contributed by atoms with Crippen LogP contribution in [0.15, 0.2) is 60.7 Å². The van der Waals surface area contributed by atoms with Crippen LogP contribution in [0.2, 0.25) is 0 Å². The summed E-state index contributed by atoms with van der Waals surface area (Å²) in [6.07, 6.45) is 2.05. The number of carboxylic acid groups (broad SMARTS) is 1. The van der Waals surface area contributed by atoms with E-state index in [1.807, 2.05) is 24.3 Å². The number of anilines is 2. The first kappa shape index (κ1) is 19.6. The summed E-state index contributed by atoms with van der Waals surface area (Å²) in [7, 11) is 0.